The first kappa shape index (κ1) is 17.8. The zero-order valence-corrected chi connectivity index (χ0v) is 15.5. The van der Waals surface area contributed by atoms with Crippen molar-refractivity contribution in [1.82, 2.24) is 4.57 Å². The number of nitrogens with zero attached hydrogens (tertiary/aromatic N) is 1. The molecule has 0 saturated heterocycles. The number of esters is 1. The number of anilines is 1. The van der Waals surface area contributed by atoms with Crippen LogP contribution in [-0.2, 0) is 4.74 Å². The van der Waals surface area contributed by atoms with Gasteiger partial charge in [-0.25, -0.2) is 4.79 Å². The predicted octanol–water partition coefficient (Wildman–Crippen LogP) is 4.65. The number of fused-ring (bicyclic) bond motifs is 3. The number of rotatable bonds is 4. The van der Waals surface area contributed by atoms with Gasteiger partial charge < -0.3 is 10.5 Å². The van der Waals surface area contributed by atoms with Gasteiger partial charge in [0.05, 0.1) is 16.6 Å². The summed E-state index contributed by atoms with van der Waals surface area (Å²) in [5, 5.41) is 1.98. The van der Waals surface area contributed by atoms with Crippen molar-refractivity contribution in [2.45, 2.75) is 19.4 Å². The Morgan fingerprint density at radius 3 is 2.11 bits per heavy atom. The summed E-state index contributed by atoms with van der Waals surface area (Å²) >= 11 is 0. The SMILES string of the molecule is CCC(OC(=O)c1cccc(N)c1)C(=O)n1c2ccccc2c2ccccc21. The summed E-state index contributed by atoms with van der Waals surface area (Å²) in [6, 6.07) is 22.0. The van der Waals surface area contributed by atoms with Crippen molar-refractivity contribution in [1.29, 1.82) is 0 Å². The zero-order chi connectivity index (χ0) is 19.7. The summed E-state index contributed by atoms with van der Waals surface area (Å²) < 4.78 is 7.20. The molecule has 0 aliphatic carbocycles. The van der Waals surface area contributed by atoms with Crippen LogP contribution in [0, 0.1) is 0 Å². The van der Waals surface area contributed by atoms with Crippen LogP contribution in [0.25, 0.3) is 21.8 Å². The van der Waals surface area contributed by atoms with Crippen LogP contribution in [0.5, 0.6) is 0 Å². The minimum absolute atomic E-state index is 0.267. The second-order valence-corrected chi connectivity index (χ2v) is 6.64. The fourth-order valence-corrected chi connectivity index (χ4v) is 3.48. The lowest BCUT2D eigenvalue weighted by Crippen LogP contribution is -2.31. The maximum Gasteiger partial charge on any atom is 0.338 e. The molecule has 5 heteroatoms. The molecule has 0 radical (unpaired) electrons. The van der Waals surface area contributed by atoms with Crippen LogP contribution < -0.4 is 5.73 Å². The number of aromatic nitrogens is 1. The molecule has 0 aliphatic heterocycles. The first-order valence-corrected chi connectivity index (χ1v) is 9.19. The van der Waals surface area contributed by atoms with Gasteiger partial charge in [-0.05, 0) is 36.8 Å². The number of nitrogens with two attached hydrogens (primary N) is 1. The summed E-state index contributed by atoms with van der Waals surface area (Å²) in [7, 11) is 0. The first-order valence-electron chi connectivity index (χ1n) is 9.19. The van der Waals surface area contributed by atoms with Gasteiger partial charge in [0.15, 0.2) is 6.10 Å². The quantitative estimate of drug-likeness (QED) is 0.418. The highest BCUT2D eigenvalue weighted by Crippen LogP contribution is 2.29. The van der Waals surface area contributed by atoms with Crippen LogP contribution in [-0.4, -0.2) is 22.5 Å². The van der Waals surface area contributed by atoms with Crippen molar-refractivity contribution >= 4 is 39.4 Å². The van der Waals surface area contributed by atoms with Crippen LogP contribution in [0.1, 0.15) is 28.5 Å². The van der Waals surface area contributed by atoms with E-state index in [1.165, 1.54) is 0 Å². The lowest BCUT2D eigenvalue weighted by molar-refractivity contribution is 0.0245. The molecule has 3 aromatic carbocycles. The Kier molecular flexibility index (Phi) is 4.57. The lowest BCUT2D eigenvalue weighted by atomic mass is 10.2. The second kappa shape index (κ2) is 7.19. The maximum absolute atomic E-state index is 13.4. The molecule has 4 rings (SSSR count). The molecule has 1 unspecified atom stereocenters. The Morgan fingerprint density at radius 2 is 1.54 bits per heavy atom. The average molecular weight is 372 g/mol. The van der Waals surface area contributed by atoms with Crippen LogP contribution in [0.15, 0.2) is 72.8 Å². The summed E-state index contributed by atoms with van der Waals surface area (Å²) in [5.74, 6) is -0.828. The summed E-state index contributed by atoms with van der Waals surface area (Å²) in [5.41, 5.74) is 8.13. The van der Waals surface area contributed by atoms with E-state index in [1.807, 2.05) is 55.5 Å². The van der Waals surface area contributed by atoms with Gasteiger partial charge >= 0.3 is 5.97 Å². The maximum atomic E-state index is 13.4. The lowest BCUT2D eigenvalue weighted by Gasteiger charge is -2.17. The van der Waals surface area contributed by atoms with E-state index in [0.29, 0.717) is 17.7 Å². The molecule has 1 atom stereocenters. The Bertz CT molecular complexity index is 1140. The highest BCUT2D eigenvalue weighted by Gasteiger charge is 2.26. The topological polar surface area (TPSA) is 74.3 Å². The van der Waals surface area contributed by atoms with Gasteiger partial charge in [0.25, 0.3) is 5.91 Å². The third-order valence-corrected chi connectivity index (χ3v) is 4.82. The molecule has 0 amide bonds. The summed E-state index contributed by atoms with van der Waals surface area (Å²) in [6.45, 7) is 1.82. The van der Waals surface area contributed by atoms with Crippen LogP contribution in [0.4, 0.5) is 5.69 Å². The molecule has 0 spiro atoms. The number of nitrogen functional groups attached to an aromatic ring is 1. The van der Waals surface area contributed by atoms with Crippen LogP contribution in [0.3, 0.4) is 0 Å². The molecule has 4 aromatic rings. The summed E-state index contributed by atoms with van der Waals surface area (Å²) in [6.07, 6.45) is -0.526. The van der Waals surface area contributed by atoms with E-state index in [4.69, 9.17) is 10.5 Å². The van der Waals surface area contributed by atoms with Crippen molar-refractivity contribution in [3.05, 3.63) is 78.4 Å². The molecule has 2 N–H and O–H groups in total. The van der Waals surface area contributed by atoms with Gasteiger partial charge in [-0.1, -0.05) is 49.4 Å². The normalized spacial score (nSPS) is 12.2. The number of para-hydroxylation sites is 2. The fourth-order valence-electron chi connectivity index (χ4n) is 3.48. The molecule has 0 saturated carbocycles. The Labute approximate surface area is 162 Å². The molecule has 0 aliphatic rings. The zero-order valence-electron chi connectivity index (χ0n) is 15.5. The minimum atomic E-state index is -0.895. The van der Waals surface area contributed by atoms with E-state index < -0.39 is 12.1 Å². The van der Waals surface area contributed by atoms with Crippen LogP contribution in [0.2, 0.25) is 0 Å². The van der Waals surface area contributed by atoms with Gasteiger partial charge in [-0.2, -0.15) is 0 Å². The fraction of sp³-hybridized carbons (Fsp3) is 0.130. The Balaban J connectivity index is 1.74. The molecule has 5 nitrogen and oxygen atoms in total. The van der Waals surface area contributed by atoms with Gasteiger partial charge in [-0.3, -0.25) is 9.36 Å². The molecular weight excluding hydrogens is 352 g/mol. The third-order valence-electron chi connectivity index (χ3n) is 4.82. The second-order valence-electron chi connectivity index (χ2n) is 6.64. The monoisotopic (exact) mass is 372 g/mol. The van der Waals surface area contributed by atoms with Gasteiger partial charge in [0.2, 0.25) is 0 Å². The van der Waals surface area contributed by atoms with E-state index in [2.05, 4.69) is 0 Å². The largest absolute Gasteiger partial charge is 0.449 e. The third kappa shape index (κ3) is 3.01. The standard InChI is InChI=1S/C23H20N2O3/c1-2-21(28-23(27)15-8-7-9-16(24)14-15)22(26)25-19-12-5-3-10-17(19)18-11-4-6-13-20(18)25/h3-14,21H,2,24H2,1H3. The molecule has 140 valence electrons. The molecular formula is C23H20N2O3. The van der Waals surface area contributed by atoms with E-state index in [1.54, 1.807) is 28.8 Å². The Morgan fingerprint density at radius 1 is 0.929 bits per heavy atom. The van der Waals surface area contributed by atoms with E-state index >= 15 is 0 Å². The highest BCUT2D eigenvalue weighted by atomic mass is 16.5. The highest BCUT2D eigenvalue weighted by molar-refractivity contribution is 6.14. The van der Waals surface area contributed by atoms with Crippen molar-refractivity contribution < 1.29 is 14.3 Å². The smallest absolute Gasteiger partial charge is 0.338 e. The number of hydrogen-bond acceptors (Lipinski definition) is 4. The number of carbonyl (C=O) groups excluding carboxylic acids is 2. The molecule has 0 fully saturated rings. The molecule has 1 aromatic heterocycles. The Hall–Kier alpha value is -3.60. The average Bonchev–Trinajstić information content (AvgIpc) is 3.06. The minimum Gasteiger partial charge on any atom is -0.449 e. The van der Waals surface area contributed by atoms with Crippen LogP contribution >= 0.6 is 0 Å². The van der Waals surface area contributed by atoms with Gasteiger partial charge in [0, 0.05) is 16.5 Å². The van der Waals surface area contributed by atoms with Crippen molar-refractivity contribution in [3.8, 4) is 0 Å². The van der Waals surface area contributed by atoms with E-state index in [0.717, 1.165) is 21.8 Å². The predicted molar refractivity (Wildman–Crippen MR) is 110 cm³/mol. The van der Waals surface area contributed by atoms with Crippen molar-refractivity contribution in [2.75, 3.05) is 5.73 Å². The van der Waals surface area contributed by atoms with E-state index in [9.17, 15) is 9.59 Å². The number of ether oxygens (including phenoxy) is 1. The van der Waals surface area contributed by atoms with Gasteiger partial charge in [0.1, 0.15) is 0 Å². The summed E-state index contributed by atoms with van der Waals surface area (Å²) in [4.78, 5) is 25.9. The molecule has 0 bridgehead atoms. The number of benzene rings is 3. The van der Waals surface area contributed by atoms with Gasteiger partial charge in [-0.15, -0.1) is 0 Å². The van der Waals surface area contributed by atoms with Crippen molar-refractivity contribution in [2.24, 2.45) is 0 Å². The number of carbonyl (C=O) groups is 2. The molecule has 28 heavy (non-hydrogen) atoms. The number of hydrogen-bond donors (Lipinski definition) is 1. The molecule has 1 heterocycles. The van der Waals surface area contributed by atoms with Crippen molar-refractivity contribution in [3.63, 3.8) is 0 Å². The first-order chi connectivity index (χ1) is 13.6. The van der Waals surface area contributed by atoms with E-state index in [-0.39, 0.29) is 5.91 Å².